The first-order valence-corrected chi connectivity index (χ1v) is 8.39. The molecule has 106 valence electrons. The van der Waals surface area contributed by atoms with Crippen molar-refractivity contribution in [1.82, 2.24) is 4.72 Å². The topological polar surface area (TPSA) is 46.2 Å². The largest absolute Gasteiger partial charge is 0.241 e. The second-order valence-corrected chi connectivity index (χ2v) is 7.86. The van der Waals surface area contributed by atoms with E-state index in [4.69, 9.17) is 0 Å². The van der Waals surface area contributed by atoms with E-state index in [1.165, 1.54) is 6.42 Å². The first-order chi connectivity index (χ1) is 8.83. The average Bonchev–Trinajstić information content (AvgIpc) is 2.32. The Hall–Kier alpha value is -0.870. The van der Waals surface area contributed by atoms with Crippen molar-refractivity contribution in [2.45, 2.75) is 57.4 Å². The molecule has 0 bridgehead atoms. The summed E-state index contributed by atoms with van der Waals surface area (Å²) in [5.74, 6) is 0. The number of sulfonamides is 1. The Morgan fingerprint density at radius 3 is 2.53 bits per heavy atom. The summed E-state index contributed by atoms with van der Waals surface area (Å²) in [5, 5.41) is 0. The van der Waals surface area contributed by atoms with Crippen LogP contribution in [0.15, 0.2) is 29.2 Å². The molecule has 1 aromatic carbocycles. The predicted molar refractivity (Wildman–Crippen MR) is 77.5 cm³/mol. The van der Waals surface area contributed by atoms with Crippen LogP contribution < -0.4 is 4.72 Å². The Morgan fingerprint density at radius 2 is 1.89 bits per heavy atom. The molecule has 1 aliphatic rings. The minimum Gasteiger partial charge on any atom is -0.208 e. The monoisotopic (exact) mass is 281 g/mol. The first-order valence-electron chi connectivity index (χ1n) is 6.91. The van der Waals surface area contributed by atoms with Gasteiger partial charge in [-0.3, -0.25) is 0 Å². The minimum absolute atomic E-state index is 0.0332. The van der Waals surface area contributed by atoms with Crippen LogP contribution in [0.3, 0.4) is 0 Å². The molecule has 0 amide bonds. The van der Waals surface area contributed by atoms with Crippen LogP contribution in [0.4, 0.5) is 0 Å². The van der Waals surface area contributed by atoms with Crippen molar-refractivity contribution in [3.8, 4) is 0 Å². The molecule has 1 aromatic rings. The Kier molecular flexibility index (Phi) is 4.02. The van der Waals surface area contributed by atoms with Gasteiger partial charge in [-0.15, -0.1) is 0 Å². The van der Waals surface area contributed by atoms with Gasteiger partial charge in [0.25, 0.3) is 0 Å². The molecule has 0 spiro atoms. The lowest BCUT2D eigenvalue weighted by Gasteiger charge is -2.38. The maximum Gasteiger partial charge on any atom is 0.241 e. The summed E-state index contributed by atoms with van der Waals surface area (Å²) < 4.78 is 27.9. The summed E-state index contributed by atoms with van der Waals surface area (Å²) in [6.07, 6.45) is 4.30. The molecule has 0 aromatic heterocycles. The Balaban J connectivity index is 2.25. The van der Waals surface area contributed by atoms with Crippen molar-refractivity contribution >= 4 is 10.0 Å². The molecule has 3 nitrogen and oxygen atoms in total. The van der Waals surface area contributed by atoms with Gasteiger partial charge in [0.1, 0.15) is 0 Å². The molecule has 1 atom stereocenters. The highest BCUT2D eigenvalue weighted by Crippen LogP contribution is 2.36. The van der Waals surface area contributed by atoms with E-state index in [2.05, 4.69) is 18.6 Å². The number of nitrogens with one attached hydrogen (secondary N) is 1. The second-order valence-electron chi connectivity index (χ2n) is 6.17. The third-order valence-corrected chi connectivity index (χ3v) is 5.82. The molecule has 4 heteroatoms. The Morgan fingerprint density at radius 1 is 1.21 bits per heavy atom. The van der Waals surface area contributed by atoms with Crippen molar-refractivity contribution in [2.24, 2.45) is 5.41 Å². The van der Waals surface area contributed by atoms with E-state index in [1.807, 2.05) is 19.1 Å². The molecule has 19 heavy (non-hydrogen) atoms. The molecule has 0 heterocycles. The summed E-state index contributed by atoms with van der Waals surface area (Å²) in [6.45, 7) is 6.13. The molecule has 0 saturated heterocycles. The molecule has 0 radical (unpaired) electrons. The number of hydrogen-bond acceptors (Lipinski definition) is 2. The zero-order chi connectivity index (χ0) is 14.1. The van der Waals surface area contributed by atoms with Crippen LogP contribution in [-0.2, 0) is 10.0 Å². The zero-order valence-corrected chi connectivity index (χ0v) is 12.8. The molecule has 2 rings (SSSR count). The number of hydrogen-bond donors (Lipinski definition) is 1. The van der Waals surface area contributed by atoms with E-state index in [0.29, 0.717) is 4.90 Å². The van der Waals surface area contributed by atoms with Crippen molar-refractivity contribution in [3.05, 3.63) is 29.8 Å². The maximum absolute atomic E-state index is 12.5. The highest BCUT2D eigenvalue weighted by Gasteiger charge is 2.35. The number of rotatable bonds is 3. The summed E-state index contributed by atoms with van der Waals surface area (Å²) >= 11 is 0. The van der Waals surface area contributed by atoms with Crippen LogP contribution in [0.2, 0.25) is 0 Å². The fraction of sp³-hybridized carbons (Fsp3) is 0.600. The zero-order valence-electron chi connectivity index (χ0n) is 11.9. The maximum atomic E-state index is 12.5. The molecular weight excluding hydrogens is 258 g/mol. The first kappa shape index (κ1) is 14.5. The van der Waals surface area contributed by atoms with Crippen molar-refractivity contribution in [2.75, 3.05) is 0 Å². The van der Waals surface area contributed by atoms with Gasteiger partial charge in [0.15, 0.2) is 0 Å². The van der Waals surface area contributed by atoms with Crippen LogP contribution in [0.5, 0.6) is 0 Å². The second kappa shape index (κ2) is 5.25. The van der Waals surface area contributed by atoms with E-state index in [0.717, 1.165) is 24.8 Å². The smallest absolute Gasteiger partial charge is 0.208 e. The van der Waals surface area contributed by atoms with Crippen molar-refractivity contribution in [1.29, 1.82) is 0 Å². The fourth-order valence-electron chi connectivity index (χ4n) is 2.82. The Bertz CT molecular complexity index is 549. The number of benzene rings is 1. The molecule has 1 aliphatic carbocycles. The van der Waals surface area contributed by atoms with Gasteiger partial charge in [0.05, 0.1) is 4.90 Å². The van der Waals surface area contributed by atoms with Gasteiger partial charge in [-0.2, -0.15) is 0 Å². The fourth-order valence-corrected chi connectivity index (χ4v) is 4.51. The van der Waals surface area contributed by atoms with Crippen LogP contribution in [-0.4, -0.2) is 14.5 Å². The van der Waals surface area contributed by atoms with Gasteiger partial charge in [0, 0.05) is 6.04 Å². The quantitative estimate of drug-likeness (QED) is 0.924. The van der Waals surface area contributed by atoms with E-state index < -0.39 is 10.0 Å². The van der Waals surface area contributed by atoms with E-state index in [-0.39, 0.29) is 11.5 Å². The summed E-state index contributed by atoms with van der Waals surface area (Å²) in [7, 11) is -3.41. The average molecular weight is 281 g/mol. The van der Waals surface area contributed by atoms with Crippen LogP contribution in [0, 0.1) is 12.3 Å². The summed E-state index contributed by atoms with van der Waals surface area (Å²) in [4.78, 5) is 0.399. The lowest BCUT2D eigenvalue weighted by molar-refractivity contribution is 0.188. The molecule has 1 N–H and O–H groups in total. The van der Waals surface area contributed by atoms with Crippen molar-refractivity contribution in [3.63, 3.8) is 0 Å². The highest BCUT2D eigenvalue weighted by molar-refractivity contribution is 7.89. The summed E-state index contributed by atoms with van der Waals surface area (Å²) in [6, 6.07) is 7.17. The summed E-state index contributed by atoms with van der Waals surface area (Å²) in [5.41, 5.74) is 0.831. The van der Waals surface area contributed by atoms with Gasteiger partial charge in [0.2, 0.25) is 10.0 Å². The van der Waals surface area contributed by atoms with Gasteiger partial charge in [-0.25, -0.2) is 13.1 Å². The van der Waals surface area contributed by atoms with Crippen LogP contribution in [0.25, 0.3) is 0 Å². The minimum atomic E-state index is -3.41. The molecular formula is C15H23NO2S. The normalized spacial score (nSPS) is 23.2. The lowest BCUT2D eigenvalue weighted by atomic mass is 9.74. The van der Waals surface area contributed by atoms with Gasteiger partial charge >= 0.3 is 0 Å². The van der Waals surface area contributed by atoms with Crippen LogP contribution in [0.1, 0.15) is 45.1 Å². The molecule has 0 aliphatic heterocycles. The van der Waals surface area contributed by atoms with Crippen molar-refractivity contribution < 1.29 is 8.42 Å². The van der Waals surface area contributed by atoms with Crippen LogP contribution >= 0.6 is 0 Å². The van der Waals surface area contributed by atoms with Gasteiger partial charge < -0.3 is 0 Å². The molecule has 1 unspecified atom stereocenters. The molecule has 1 fully saturated rings. The van der Waals surface area contributed by atoms with E-state index in [9.17, 15) is 8.42 Å². The lowest BCUT2D eigenvalue weighted by Crippen LogP contribution is -2.46. The van der Waals surface area contributed by atoms with E-state index >= 15 is 0 Å². The third-order valence-electron chi connectivity index (χ3n) is 4.19. The SMILES string of the molecule is Cc1ccccc1S(=O)(=O)NC1CCCCC1(C)C. The van der Waals surface area contributed by atoms with E-state index in [1.54, 1.807) is 12.1 Å². The number of aryl methyl sites for hydroxylation is 1. The van der Waals surface area contributed by atoms with Gasteiger partial charge in [-0.1, -0.05) is 44.9 Å². The Labute approximate surface area is 116 Å². The third kappa shape index (κ3) is 3.18. The van der Waals surface area contributed by atoms with Gasteiger partial charge in [-0.05, 0) is 36.8 Å². The highest BCUT2D eigenvalue weighted by atomic mass is 32.2. The predicted octanol–water partition coefficient (Wildman–Crippen LogP) is 3.24. The standard InChI is InChI=1S/C15H23NO2S/c1-12-8-4-5-9-13(12)19(17,18)16-14-10-6-7-11-15(14,2)3/h4-5,8-9,14,16H,6-7,10-11H2,1-3H3. The molecule has 1 saturated carbocycles.